The van der Waals surface area contributed by atoms with Crippen LogP contribution in [0.2, 0.25) is 10.0 Å². The summed E-state index contributed by atoms with van der Waals surface area (Å²) in [7, 11) is 0. The molecule has 3 rings (SSSR count). The van der Waals surface area contributed by atoms with Crippen molar-refractivity contribution < 1.29 is 9.15 Å². The molecule has 0 atom stereocenters. The van der Waals surface area contributed by atoms with Crippen molar-refractivity contribution in [1.82, 2.24) is 14.9 Å². The number of hydrogen-bond donors (Lipinski definition) is 1. The Morgan fingerprint density at radius 2 is 2.09 bits per heavy atom. The zero-order chi connectivity index (χ0) is 16.2. The maximum absolute atomic E-state index is 6.04. The van der Waals surface area contributed by atoms with Gasteiger partial charge in [-0.1, -0.05) is 29.3 Å². The number of nitrogens with zero attached hydrogens (tertiary/aromatic N) is 3. The number of nitrogens with one attached hydrogen (secondary N) is 1. The van der Waals surface area contributed by atoms with Crippen LogP contribution in [0.1, 0.15) is 11.5 Å². The van der Waals surface area contributed by atoms with Gasteiger partial charge < -0.3 is 9.15 Å². The lowest BCUT2D eigenvalue weighted by molar-refractivity contribution is 0.270. The summed E-state index contributed by atoms with van der Waals surface area (Å²) in [6, 6.07) is 8.70. The van der Waals surface area contributed by atoms with E-state index in [0.29, 0.717) is 32.1 Å². The Morgan fingerprint density at radius 3 is 2.78 bits per heavy atom. The van der Waals surface area contributed by atoms with E-state index >= 15 is 0 Å². The maximum atomic E-state index is 6.04. The van der Waals surface area contributed by atoms with Gasteiger partial charge in [0.1, 0.15) is 24.5 Å². The number of ether oxygens (including phenoxy) is 1. The average molecular weight is 369 g/mol. The molecule has 1 aromatic carbocycles. The van der Waals surface area contributed by atoms with Crippen molar-refractivity contribution in [2.24, 2.45) is 5.10 Å². The van der Waals surface area contributed by atoms with Gasteiger partial charge >= 0.3 is 0 Å². The Kier molecular flexibility index (Phi) is 4.80. The van der Waals surface area contributed by atoms with Gasteiger partial charge in [0.25, 0.3) is 0 Å². The molecule has 0 fully saturated rings. The number of rotatable bonds is 5. The highest BCUT2D eigenvalue weighted by atomic mass is 35.5. The van der Waals surface area contributed by atoms with E-state index in [9.17, 15) is 0 Å². The predicted octanol–water partition coefficient (Wildman–Crippen LogP) is 4.30. The highest BCUT2D eigenvalue weighted by Gasteiger charge is 2.08. The second-order valence-electron chi connectivity index (χ2n) is 4.39. The van der Waals surface area contributed by atoms with E-state index in [1.165, 1.54) is 17.2 Å². The number of aromatic amines is 1. The summed E-state index contributed by atoms with van der Waals surface area (Å²) in [5, 5.41) is 11.4. The molecular weight excluding hydrogens is 359 g/mol. The number of aromatic nitrogens is 3. The molecule has 9 heteroatoms. The first-order valence-electron chi connectivity index (χ1n) is 6.45. The number of hydrogen-bond acceptors (Lipinski definition) is 5. The van der Waals surface area contributed by atoms with Crippen molar-refractivity contribution in [3.05, 3.63) is 63.0 Å². The Morgan fingerprint density at radius 1 is 1.30 bits per heavy atom. The molecule has 23 heavy (non-hydrogen) atoms. The van der Waals surface area contributed by atoms with Crippen LogP contribution in [0.3, 0.4) is 0 Å². The summed E-state index contributed by atoms with van der Waals surface area (Å²) >= 11 is 17.1. The second-order valence-corrected chi connectivity index (χ2v) is 5.60. The zero-order valence-electron chi connectivity index (χ0n) is 11.6. The van der Waals surface area contributed by atoms with Crippen molar-refractivity contribution in [2.45, 2.75) is 6.61 Å². The van der Waals surface area contributed by atoms with Crippen molar-refractivity contribution >= 4 is 41.6 Å². The van der Waals surface area contributed by atoms with Crippen LogP contribution in [0.15, 0.2) is 46.2 Å². The highest BCUT2D eigenvalue weighted by Crippen LogP contribution is 2.32. The zero-order valence-corrected chi connectivity index (χ0v) is 13.9. The van der Waals surface area contributed by atoms with Gasteiger partial charge in [-0.15, -0.1) is 0 Å². The minimum Gasteiger partial charge on any atom is -0.483 e. The van der Waals surface area contributed by atoms with E-state index in [2.05, 4.69) is 15.3 Å². The predicted molar refractivity (Wildman–Crippen MR) is 89.9 cm³/mol. The standard InChI is InChI=1S/C14H10Cl2N4O2S/c15-11-2-1-3-12(16)13(11)21-7-10-5-4-9(22-10)6-18-20-8-17-19-14(20)23/h1-6,8H,7H2,(H,19,23)/b18-6-. The molecule has 0 aliphatic rings. The van der Waals surface area contributed by atoms with Crippen LogP contribution in [-0.4, -0.2) is 21.1 Å². The Bertz CT molecular complexity index is 880. The monoisotopic (exact) mass is 368 g/mol. The summed E-state index contributed by atoms with van der Waals surface area (Å²) < 4.78 is 13.0. The van der Waals surface area contributed by atoms with Gasteiger partial charge in [0.2, 0.25) is 4.77 Å². The van der Waals surface area contributed by atoms with Gasteiger partial charge in [-0.3, -0.25) is 5.10 Å². The molecule has 0 aliphatic carbocycles. The van der Waals surface area contributed by atoms with E-state index in [1.807, 2.05) is 0 Å². The quantitative estimate of drug-likeness (QED) is 0.538. The summed E-state index contributed by atoms with van der Waals surface area (Å²) in [5.74, 6) is 1.59. The fraction of sp³-hybridized carbons (Fsp3) is 0.0714. The van der Waals surface area contributed by atoms with Crippen molar-refractivity contribution in [1.29, 1.82) is 0 Å². The average Bonchev–Trinajstić information content (AvgIpc) is 3.14. The molecule has 0 spiro atoms. The SMILES string of the molecule is S=c1[nH]ncn1/N=C\c1ccc(COc2c(Cl)cccc2Cl)o1. The minimum absolute atomic E-state index is 0.197. The molecule has 0 aliphatic heterocycles. The number of halogens is 2. The molecule has 2 heterocycles. The lowest BCUT2D eigenvalue weighted by Gasteiger charge is -2.07. The smallest absolute Gasteiger partial charge is 0.216 e. The van der Waals surface area contributed by atoms with Crippen LogP contribution in [0, 0.1) is 4.77 Å². The normalized spacial score (nSPS) is 11.2. The second kappa shape index (κ2) is 6.99. The third kappa shape index (κ3) is 3.82. The van der Waals surface area contributed by atoms with Crippen molar-refractivity contribution in [3.63, 3.8) is 0 Å². The molecule has 0 saturated carbocycles. The number of H-pyrrole nitrogens is 1. The molecule has 2 aromatic heterocycles. The van der Waals surface area contributed by atoms with E-state index in [4.69, 9.17) is 44.6 Å². The van der Waals surface area contributed by atoms with Crippen molar-refractivity contribution in [2.75, 3.05) is 0 Å². The minimum atomic E-state index is 0.197. The molecule has 6 nitrogen and oxygen atoms in total. The molecule has 0 radical (unpaired) electrons. The molecule has 1 N–H and O–H groups in total. The Hall–Kier alpha value is -2.09. The molecule has 0 bridgehead atoms. The van der Waals surface area contributed by atoms with Gasteiger partial charge in [-0.2, -0.15) is 14.9 Å². The fourth-order valence-corrected chi connectivity index (χ4v) is 2.40. The van der Waals surface area contributed by atoms with E-state index in [-0.39, 0.29) is 6.61 Å². The molecule has 0 amide bonds. The van der Waals surface area contributed by atoms with Crippen LogP contribution in [0.25, 0.3) is 0 Å². The summed E-state index contributed by atoms with van der Waals surface area (Å²) in [6.45, 7) is 0.197. The van der Waals surface area contributed by atoms with Crippen LogP contribution in [-0.2, 0) is 6.61 Å². The topological polar surface area (TPSA) is 68.3 Å². The summed E-state index contributed by atoms with van der Waals surface area (Å²) in [4.78, 5) is 0. The van der Waals surface area contributed by atoms with Crippen LogP contribution in [0.4, 0.5) is 0 Å². The lowest BCUT2D eigenvalue weighted by atomic mass is 10.3. The van der Waals surface area contributed by atoms with Gasteiger partial charge in [-0.25, -0.2) is 0 Å². The molecule has 0 unspecified atom stereocenters. The molecule has 3 aromatic rings. The number of benzene rings is 1. The highest BCUT2D eigenvalue weighted by molar-refractivity contribution is 7.71. The molecule has 0 saturated heterocycles. The largest absolute Gasteiger partial charge is 0.483 e. The lowest BCUT2D eigenvalue weighted by Crippen LogP contribution is -1.95. The third-order valence-corrected chi connectivity index (χ3v) is 3.68. The fourth-order valence-electron chi connectivity index (χ4n) is 1.75. The van der Waals surface area contributed by atoms with E-state index in [1.54, 1.807) is 30.3 Å². The summed E-state index contributed by atoms with van der Waals surface area (Å²) in [5.41, 5.74) is 0. The number of para-hydroxylation sites is 1. The molecular formula is C14H10Cl2N4O2S. The molecule has 118 valence electrons. The van der Waals surface area contributed by atoms with Gasteiger partial charge in [-0.05, 0) is 36.5 Å². The van der Waals surface area contributed by atoms with Gasteiger partial charge in [0, 0.05) is 0 Å². The number of furan rings is 1. The third-order valence-electron chi connectivity index (χ3n) is 2.80. The first kappa shape index (κ1) is 15.8. The van der Waals surface area contributed by atoms with Gasteiger partial charge in [0.15, 0.2) is 5.75 Å². The Labute approximate surface area is 146 Å². The maximum Gasteiger partial charge on any atom is 0.216 e. The van der Waals surface area contributed by atoms with E-state index < -0.39 is 0 Å². The first-order valence-corrected chi connectivity index (χ1v) is 7.62. The Balaban J connectivity index is 1.67. The van der Waals surface area contributed by atoms with E-state index in [0.717, 1.165) is 0 Å². The summed E-state index contributed by atoms with van der Waals surface area (Å²) in [6.07, 6.45) is 2.99. The van der Waals surface area contributed by atoms with Crippen molar-refractivity contribution in [3.8, 4) is 5.75 Å². The van der Waals surface area contributed by atoms with Crippen LogP contribution < -0.4 is 4.74 Å². The van der Waals surface area contributed by atoms with Crippen LogP contribution >= 0.6 is 35.4 Å². The first-order chi connectivity index (χ1) is 11.1. The van der Waals surface area contributed by atoms with Crippen LogP contribution in [0.5, 0.6) is 5.75 Å². The van der Waals surface area contributed by atoms with Gasteiger partial charge in [0.05, 0.1) is 16.3 Å².